The summed E-state index contributed by atoms with van der Waals surface area (Å²) in [5, 5.41) is 11.4. The van der Waals surface area contributed by atoms with Crippen LogP contribution in [0.2, 0.25) is 10.0 Å². The van der Waals surface area contributed by atoms with Crippen LogP contribution in [0, 0.1) is 6.92 Å². The molecule has 8 nitrogen and oxygen atoms in total. The van der Waals surface area contributed by atoms with Gasteiger partial charge < -0.3 is 28.6 Å². The van der Waals surface area contributed by atoms with Crippen molar-refractivity contribution in [3.05, 3.63) is 50.9 Å². The Balaban J connectivity index is 2.14. The lowest BCUT2D eigenvalue weighted by atomic mass is 9.98. The highest BCUT2D eigenvalue weighted by Gasteiger charge is 2.47. The third kappa shape index (κ3) is 4.89. The first-order valence-electron chi connectivity index (χ1n) is 10.7. The number of carbonyl (C=O) groups is 2. The lowest BCUT2D eigenvalue weighted by Crippen LogP contribution is -2.31. The van der Waals surface area contributed by atoms with Crippen molar-refractivity contribution < 1.29 is 33.3 Å². The molecule has 1 amide bonds. The number of ether oxygens (including phenoxy) is 3. The van der Waals surface area contributed by atoms with Crippen LogP contribution in [-0.4, -0.2) is 55.2 Å². The van der Waals surface area contributed by atoms with Crippen LogP contribution in [0.5, 0.6) is 11.5 Å². The van der Waals surface area contributed by atoms with E-state index in [9.17, 15) is 14.7 Å². The molecule has 1 fully saturated rings. The molecule has 0 saturated carbocycles. The molecule has 0 radical (unpaired) electrons. The van der Waals surface area contributed by atoms with E-state index in [1.165, 1.54) is 25.2 Å². The molecule has 0 spiro atoms. The van der Waals surface area contributed by atoms with Gasteiger partial charge in [0.2, 0.25) is 0 Å². The summed E-state index contributed by atoms with van der Waals surface area (Å²) in [7, 11) is 2.74. The SMILES string of the molecule is COc1c(Cl)cc(/C(O)=C2\C(=O)C(=O)N(CCCOC(C)C)C2c2ccc(C)o2)c(OC)c1Cl. The number of benzene rings is 1. The van der Waals surface area contributed by atoms with E-state index in [2.05, 4.69) is 0 Å². The second kappa shape index (κ2) is 10.7. The van der Waals surface area contributed by atoms with Gasteiger partial charge in [0.15, 0.2) is 11.5 Å². The van der Waals surface area contributed by atoms with Crippen molar-refractivity contribution in [2.45, 2.75) is 39.3 Å². The molecule has 1 aliphatic heterocycles. The van der Waals surface area contributed by atoms with Crippen molar-refractivity contribution in [2.75, 3.05) is 27.4 Å². The highest BCUT2D eigenvalue weighted by Crippen LogP contribution is 2.47. The first-order valence-corrected chi connectivity index (χ1v) is 11.4. The summed E-state index contributed by atoms with van der Waals surface area (Å²) in [5.41, 5.74) is -0.104. The van der Waals surface area contributed by atoms with Crippen molar-refractivity contribution in [1.29, 1.82) is 0 Å². The minimum Gasteiger partial charge on any atom is -0.507 e. The molecule has 1 atom stereocenters. The van der Waals surface area contributed by atoms with Crippen LogP contribution in [0.15, 0.2) is 28.2 Å². The lowest BCUT2D eigenvalue weighted by molar-refractivity contribution is -0.140. The standard InChI is InChI=1S/C24H27Cl2NO7/c1-12(2)33-10-6-9-27-19(16-8-7-13(3)34-16)17(21(29)24(27)30)20(28)14-11-15(25)23(32-5)18(26)22(14)31-4/h7-8,11-12,19,28H,6,9-10H2,1-5H3/b20-17+. The number of rotatable bonds is 9. The van der Waals surface area contributed by atoms with Crippen LogP contribution in [-0.2, 0) is 14.3 Å². The van der Waals surface area contributed by atoms with Gasteiger partial charge in [-0.1, -0.05) is 23.2 Å². The minimum atomic E-state index is -0.947. The van der Waals surface area contributed by atoms with Gasteiger partial charge in [0.1, 0.15) is 28.3 Å². The molecule has 1 aliphatic rings. The van der Waals surface area contributed by atoms with Crippen molar-refractivity contribution >= 4 is 40.7 Å². The Kier molecular flexibility index (Phi) is 8.17. The highest BCUT2D eigenvalue weighted by atomic mass is 35.5. The fourth-order valence-electron chi connectivity index (χ4n) is 3.85. The second-order valence-electron chi connectivity index (χ2n) is 8.00. The zero-order chi connectivity index (χ0) is 25.2. The Hall–Kier alpha value is -2.68. The van der Waals surface area contributed by atoms with Crippen LogP contribution in [0.1, 0.15) is 43.4 Å². The van der Waals surface area contributed by atoms with Gasteiger partial charge in [0.05, 0.1) is 36.5 Å². The summed E-state index contributed by atoms with van der Waals surface area (Å²) < 4.78 is 21.9. The van der Waals surface area contributed by atoms with E-state index < -0.39 is 23.5 Å². The number of methoxy groups -OCH3 is 2. The monoisotopic (exact) mass is 511 g/mol. The van der Waals surface area contributed by atoms with Gasteiger partial charge in [0.25, 0.3) is 11.7 Å². The fourth-order valence-corrected chi connectivity index (χ4v) is 4.54. The molecule has 2 heterocycles. The van der Waals surface area contributed by atoms with Crippen molar-refractivity contribution in [2.24, 2.45) is 0 Å². The summed E-state index contributed by atoms with van der Waals surface area (Å²) in [6.07, 6.45) is 0.529. The largest absolute Gasteiger partial charge is 0.507 e. The van der Waals surface area contributed by atoms with Crippen LogP contribution in [0.4, 0.5) is 0 Å². The average Bonchev–Trinajstić information content (AvgIpc) is 3.31. The van der Waals surface area contributed by atoms with E-state index in [0.29, 0.717) is 24.5 Å². The van der Waals surface area contributed by atoms with Gasteiger partial charge >= 0.3 is 0 Å². The number of amides is 1. The molecule has 0 bridgehead atoms. The number of hydrogen-bond acceptors (Lipinski definition) is 7. The number of Topliss-reactive ketones (excluding diaryl/α,β-unsaturated/α-hetero) is 1. The smallest absolute Gasteiger partial charge is 0.295 e. The molecule has 0 aliphatic carbocycles. The Labute approximate surface area is 208 Å². The first kappa shape index (κ1) is 25.9. The maximum atomic E-state index is 13.1. The molecule has 1 N–H and O–H groups in total. The zero-order valence-corrected chi connectivity index (χ0v) is 21.1. The number of aliphatic hydroxyl groups is 1. The number of aryl methyl sites for hydroxylation is 1. The number of carbonyl (C=O) groups excluding carboxylic acids is 2. The Morgan fingerprint density at radius 3 is 2.41 bits per heavy atom. The van der Waals surface area contributed by atoms with E-state index >= 15 is 0 Å². The molecule has 1 saturated heterocycles. The molecule has 2 aromatic rings. The predicted molar refractivity (Wildman–Crippen MR) is 128 cm³/mol. The van der Waals surface area contributed by atoms with E-state index in [0.717, 1.165) is 0 Å². The third-order valence-electron chi connectivity index (χ3n) is 5.36. The number of hydrogen-bond donors (Lipinski definition) is 1. The quantitative estimate of drug-likeness (QED) is 0.215. The summed E-state index contributed by atoms with van der Waals surface area (Å²) >= 11 is 12.6. The van der Waals surface area contributed by atoms with Crippen molar-refractivity contribution in [3.8, 4) is 11.5 Å². The van der Waals surface area contributed by atoms with E-state index in [-0.39, 0.29) is 45.3 Å². The van der Waals surface area contributed by atoms with Gasteiger partial charge in [-0.3, -0.25) is 9.59 Å². The van der Waals surface area contributed by atoms with E-state index in [1.807, 2.05) is 13.8 Å². The first-order chi connectivity index (χ1) is 16.1. The fraction of sp³-hybridized carbons (Fsp3) is 0.417. The molecule has 1 unspecified atom stereocenters. The zero-order valence-electron chi connectivity index (χ0n) is 19.6. The molecule has 1 aromatic carbocycles. The summed E-state index contributed by atoms with van der Waals surface area (Å²) in [6, 6.07) is 3.81. The molecular formula is C24H27Cl2NO7. The van der Waals surface area contributed by atoms with Gasteiger partial charge in [-0.05, 0) is 45.4 Å². The summed E-state index contributed by atoms with van der Waals surface area (Å²) in [4.78, 5) is 27.5. The number of likely N-dealkylation sites (tertiary alicyclic amines) is 1. The second-order valence-corrected chi connectivity index (χ2v) is 8.79. The van der Waals surface area contributed by atoms with Gasteiger partial charge in [-0.2, -0.15) is 0 Å². The minimum absolute atomic E-state index is 0.0181. The normalized spacial score (nSPS) is 17.6. The topological polar surface area (TPSA) is 98.4 Å². The molecule has 10 heteroatoms. The maximum absolute atomic E-state index is 13.1. The summed E-state index contributed by atoms with van der Waals surface area (Å²) in [6.45, 7) is 6.20. The Bertz CT molecular complexity index is 1120. The Morgan fingerprint density at radius 2 is 1.85 bits per heavy atom. The van der Waals surface area contributed by atoms with Gasteiger partial charge in [-0.25, -0.2) is 0 Å². The maximum Gasteiger partial charge on any atom is 0.295 e. The third-order valence-corrected chi connectivity index (χ3v) is 5.98. The van der Waals surface area contributed by atoms with E-state index in [1.54, 1.807) is 19.1 Å². The van der Waals surface area contributed by atoms with Crippen LogP contribution >= 0.6 is 23.2 Å². The number of halogens is 2. The Morgan fingerprint density at radius 1 is 1.18 bits per heavy atom. The van der Waals surface area contributed by atoms with Crippen molar-refractivity contribution in [3.63, 3.8) is 0 Å². The number of ketones is 1. The van der Waals surface area contributed by atoms with Gasteiger partial charge in [-0.15, -0.1) is 0 Å². The van der Waals surface area contributed by atoms with Crippen molar-refractivity contribution in [1.82, 2.24) is 4.90 Å². The molecule has 3 rings (SSSR count). The van der Waals surface area contributed by atoms with Crippen LogP contribution in [0.25, 0.3) is 5.76 Å². The highest BCUT2D eigenvalue weighted by molar-refractivity contribution is 6.47. The van der Waals surface area contributed by atoms with Gasteiger partial charge in [0, 0.05) is 13.2 Å². The predicted octanol–water partition coefficient (Wildman–Crippen LogP) is 5.15. The summed E-state index contributed by atoms with van der Waals surface area (Å²) in [5.74, 6) is -0.959. The number of aliphatic hydroxyl groups excluding tert-OH is 1. The van der Waals surface area contributed by atoms with Crippen LogP contribution in [0.3, 0.4) is 0 Å². The van der Waals surface area contributed by atoms with E-state index in [4.69, 9.17) is 41.8 Å². The molecule has 1 aromatic heterocycles. The molecule has 34 heavy (non-hydrogen) atoms. The molecule has 184 valence electrons. The lowest BCUT2D eigenvalue weighted by Gasteiger charge is -2.24. The molecular weight excluding hydrogens is 485 g/mol. The number of nitrogens with zero attached hydrogens (tertiary/aromatic N) is 1. The number of furan rings is 1. The van der Waals surface area contributed by atoms with Crippen LogP contribution < -0.4 is 9.47 Å². The average molecular weight is 512 g/mol.